The van der Waals surface area contributed by atoms with Crippen molar-refractivity contribution in [3.8, 4) is 0 Å². The van der Waals surface area contributed by atoms with Gasteiger partial charge in [0.25, 0.3) is 0 Å². The molecule has 0 radical (unpaired) electrons. The monoisotopic (exact) mass is 240 g/mol. The average Bonchev–Trinajstić information content (AvgIpc) is 3.04. The van der Waals surface area contributed by atoms with E-state index in [9.17, 15) is 4.79 Å². The SMILES string of the molecule is COC(=O)C(N)(CN(C)C1CCCC1)C1CC1. The van der Waals surface area contributed by atoms with Crippen LogP contribution in [0.2, 0.25) is 0 Å². The minimum atomic E-state index is -0.786. The van der Waals surface area contributed by atoms with Crippen LogP contribution in [0.25, 0.3) is 0 Å². The molecule has 0 saturated heterocycles. The minimum Gasteiger partial charge on any atom is -0.468 e. The number of hydrogen-bond acceptors (Lipinski definition) is 4. The van der Waals surface area contributed by atoms with Crippen molar-refractivity contribution in [2.24, 2.45) is 11.7 Å². The summed E-state index contributed by atoms with van der Waals surface area (Å²) in [6.45, 7) is 0.634. The smallest absolute Gasteiger partial charge is 0.327 e. The van der Waals surface area contributed by atoms with Gasteiger partial charge in [0.2, 0.25) is 0 Å². The average molecular weight is 240 g/mol. The first-order valence-electron chi connectivity index (χ1n) is 6.65. The highest BCUT2D eigenvalue weighted by atomic mass is 16.5. The van der Waals surface area contributed by atoms with Gasteiger partial charge in [-0.25, -0.2) is 0 Å². The van der Waals surface area contributed by atoms with Gasteiger partial charge in [0.05, 0.1) is 7.11 Å². The number of nitrogens with zero attached hydrogens (tertiary/aromatic N) is 1. The number of hydrogen-bond donors (Lipinski definition) is 1. The second-order valence-corrected chi connectivity index (χ2v) is 5.66. The maximum absolute atomic E-state index is 11.9. The Hall–Kier alpha value is -0.610. The van der Waals surface area contributed by atoms with E-state index in [4.69, 9.17) is 10.5 Å². The van der Waals surface area contributed by atoms with E-state index >= 15 is 0 Å². The van der Waals surface area contributed by atoms with Gasteiger partial charge < -0.3 is 15.4 Å². The number of carbonyl (C=O) groups is 1. The third-order valence-electron chi connectivity index (χ3n) is 4.33. The van der Waals surface area contributed by atoms with Crippen molar-refractivity contribution in [3.63, 3.8) is 0 Å². The van der Waals surface area contributed by atoms with Crippen molar-refractivity contribution in [1.29, 1.82) is 0 Å². The molecular weight excluding hydrogens is 216 g/mol. The van der Waals surface area contributed by atoms with Crippen molar-refractivity contribution in [1.82, 2.24) is 4.90 Å². The largest absolute Gasteiger partial charge is 0.468 e. The second-order valence-electron chi connectivity index (χ2n) is 5.66. The van der Waals surface area contributed by atoms with Crippen LogP contribution in [0.15, 0.2) is 0 Å². The third-order valence-corrected chi connectivity index (χ3v) is 4.33. The zero-order valence-corrected chi connectivity index (χ0v) is 10.9. The van der Waals surface area contributed by atoms with Crippen molar-refractivity contribution in [3.05, 3.63) is 0 Å². The number of likely N-dealkylation sites (N-methyl/N-ethyl adjacent to an activating group) is 1. The molecule has 0 bridgehead atoms. The van der Waals surface area contributed by atoms with E-state index in [-0.39, 0.29) is 5.97 Å². The highest BCUT2D eigenvalue weighted by Gasteiger charge is 2.50. The van der Waals surface area contributed by atoms with Crippen LogP contribution in [0.1, 0.15) is 38.5 Å². The molecule has 98 valence electrons. The van der Waals surface area contributed by atoms with Crippen LogP contribution >= 0.6 is 0 Å². The Morgan fingerprint density at radius 3 is 2.41 bits per heavy atom. The Morgan fingerprint density at radius 2 is 1.94 bits per heavy atom. The molecule has 2 saturated carbocycles. The summed E-state index contributed by atoms with van der Waals surface area (Å²) in [6, 6.07) is 0.598. The minimum absolute atomic E-state index is 0.246. The Morgan fingerprint density at radius 1 is 1.35 bits per heavy atom. The lowest BCUT2D eigenvalue weighted by Gasteiger charge is -2.34. The molecule has 2 aliphatic rings. The van der Waals surface area contributed by atoms with Crippen LogP contribution in [-0.4, -0.2) is 43.2 Å². The van der Waals surface area contributed by atoms with E-state index in [1.807, 2.05) is 0 Å². The quantitative estimate of drug-likeness (QED) is 0.732. The zero-order chi connectivity index (χ0) is 12.5. The molecule has 2 rings (SSSR count). The molecule has 4 nitrogen and oxygen atoms in total. The first-order valence-corrected chi connectivity index (χ1v) is 6.65. The van der Waals surface area contributed by atoms with Gasteiger partial charge in [-0.3, -0.25) is 4.79 Å². The molecule has 2 N–H and O–H groups in total. The second kappa shape index (κ2) is 4.94. The van der Waals surface area contributed by atoms with Crippen LogP contribution in [-0.2, 0) is 9.53 Å². The zero-order valence-electron chi connectivity index (χ0n) is 10.9. The molecule has 1 unspecified atom stereocenters. The van der Waals surface area contributed by atoms with Gasteiger partial charge in [0.1, 0.15) is 5.54 Å². The van der Waals surface area contributed by atoms with Crippen LogP contribution in [0.3, 0.4) is 0 Å². The maximum Gasteiger partial charge on any atom is 0.327 e. The molecule has 2 aliphatic carbocycles. The molecule has 2 fully saturated rings. The standard InChI is InChI=1S/C13H24N2O2/c1-15(11-5-3-4-6-11)9-13(14,10-7-8-10)12(16)17-2/h10-11H,3-9,14H2,1-2H3. The predicted molar refractivity (Wildman–Crippen MR) is 66.5 cm³/mol. The summed E-state index contributed by atoms with van der Waals surface area (Å²) in [4.78, 5) is 14.2. The normalized spacial score (nSPS) is 24.9. The summed E-state index contributed by atoms with van der Waals surface area (Å²) in [7, 11) is 3.52. The van der Waals surface area contributed by atoms with Crippen LogP contribution < -0.4 is 5.73 Å². The maximum atomic E-state index is 11.9. The molecular formula is C13H24N2O2. The number of nitrogens with two attached hydrogens (primary N) is 1. The molecule has 4 heteroatoms. The van der Waals surface area contributed by atoms with Crippen molar-refractivity contribution in [2.75, 3.05) is 20.7 Å². The van der Waals surface area contributed by atoms with Gasteiger partial charge in [-0.2, -0.15) is 0 Å². The summed E-state index contributed by atoms with van der Waals surface area (Å²) < 4.78 is 4.89. The highest BCUT2D eigenvalue weighted by Crippen LogP contribution is 2.40. The molecule has 0 aliphatic heterocycles. The number of rotatable bonds is 5. The van der Waals surface area contributed by atoms with E-state index in [1.54, 1.807) is 0 Å². The van der Waals surface area contributed by atoms with E-state index < -0.39 is 5.54 Å². The molecule has 17 heavy (non-hydrogen) atoms. The number of ether oxygens (including phenoxy) is 1. The number of esters is 1. The Kier molecular flexibility index (Phi) is 3.73. The summed E-state index contributed by atoms with van der Waals surface area (Å²) >= 11 is 0. The molecule has 0 aromatic carbocycles. The Bertz CT molecular complexity index is 285. The van der Waals surface area contributed by atoms with E-state index in [0.29, 0.717) is 18.5 Å². The highest BCUT2D eigenvalue weighted by molar-refractivity contribution is 5.81. The van der Waals surface area contributed by atoms with Crippen molar-refractivity contribution in [2.45, 2.75) is 50.1 Å². The lowest BCUT2D eigenvalue weighted by molar-refractivity contribution is -0.149. The molecule has 0 heterocycles. The van der Waals surface area contributed by atoms with Gasteiger partial charge in [-0.1, -0.05) is 12.8 Å². The Labute approximate surface area is 103 Å². The van der Waals surface area contributed by atoms with Gasteiger partial charge in [-0.05, 0) is 38.6 Å². The predicted octanol–water partition coefficient (Wildman–Crippen LogP) is 1.14. The van der Waals surface area contributed by atoms with E-state index in [1.165, 1.54) is 32.8 Å². The van der Waals surface area contributed by atoms with E-state index in [0.717, 1.165) is 12.8 Å². The lowest BCUT2D eigenvalue weighted by Crippen LogP contribution is -2.59. The van der Waals surface area contributed by atoms with Gasteiger partial charge in [0.15, 0.2) is 0 Å². The number of methoxy groups -OCH3 is 1. The summed E-state index contributed by atoms with van der Waals surface area (Å²) in [6.07, 6.45) is 7.19. The van der Waals surface area contributed by atoms with Gasteiger partial charge >= 0.3 is 5.97 Å². The topological polar surface area (TPSA) is 55.6 Å². The first kappa shape index (κ1) is 12.8. The van der Waals surface area contributed by atoms with Gasteiger partial charge in [-0.15, -0.1) is 0 Å². The fraction of sp³-hybridized carbons (Fsp3) is 0.923. The molecule has 0 aromatic rings. The third kappa shape index (κ3) is 2.63. The van der Waals surface area contributed by atoms with Crippen LogP contribution in [0.4, 0.5) is 0 Å². The molecule has 0 spiro atoms. The molecule has 1 atom stereocenters. The number of carbonyl (C=O) groups excluding carboxylic acids is 1. The summed E-state index contributed by atoms with van der Waals surface area (Å²) in [5.74, 6) is 0.0728. The molecule has 0 amide bonds. The van der Waals surface area contributed by atoms with Crippen molar-refractivity contribution >= 4 is 5.97 Å². The summed E-state index contributed by atoms with van der Waals surface area (Å²) in [5.41, 5.74) is 5.52. The van der Waals surface area contributed by atoms with Crippen LogP contribution in [0.5, 0.6) is 0 Å². The van der Waals surface area contributed by atoms with E-state index in [2.05, 4.69) is 11.9 Å². The first-order chi connectivity index (χ1) is 8.08. The van der Waals surface area contributed by atoms with Gasteiger partial charge in [0, 0.05) is 12.6 Å². The Balaban J connectivity index is 1.99. The van der Waals surface area contributed by atoms with Crippen LogP contribution in [0, 0.1) is 5.92 Å². The van der Waals surface area contributed by atoms with Crippen molar-refractivity contribution < 1.29 is 9.53 Å². The summed E-state index contributed by atoms with van der Waals surface area (Å²) in [5, 5.41) is 0. The lowest BCUT2D eigenvalue weighted by atomic mass is 9.93. The molecule has 0 aromatic heterocycles. The fourth-order valence-electron chi connectivity index (χ4n) is 3.04. The fourth-order valence-corrected chi connectivity index (χ4v) is 3.04.